The van der Waals surface area contributed by atoms with E-state index in [1.165, 1.54) is 30.6 Å². The molecule has 0 saturated heterocycles. The third-order valence-corrected chi connectivity index (χ3v) is 6.08. The number of allylic oxidation sites excluding steroid dienone is 1. The lowest BCUT2D eigenvalue weighted by atomic mass is 9.91. The van der Waals surface area contributed by atoms with Crippen molar-refractivity contribution in [1.29, 1.82) is 0 Å². The van der Waals surface area contributed by atoms with Crippen LogP contribution in [0.25, 0.3) is 5.57 Å². The van der Waals surface area contributed by atoms with Crippen molar-refractivity contribution in [2.75, 3.05) is 14.2 Å². The Kier molecular flexibility index (Phi) is 7.15. The Morgan fingerprint density at radius 1 is 1.29 bits per heavy atom. The molecule has 1 atom stereocenters. The molecule has 1 saturated carbocycles. The fourth-order valence-electron chi connectivity index (χ4n) is 4.44. The minimum atomic E-state index is -0.802. The Morgan fingerprint density at radius 3 is 2.65 bits per heavy atom. The second kappa shape index (κ2) is 9.81. The highest BCUT2D eigenvalue weighted by atomic mass is 16.5. The molecule has 1 aromatic carbocycles. The number of methoxy groups -OCH3 is 1. The lowest BCUT2D eigenvalue weighted by Gasteiger charge is -2.28. The third kappa shape index (κ3) is 4.65. The summed E-state index contributed by atoms with van der Waals surface area (Å²) in [6.07, 6.45) is 7.95. The number of phenolic OH excluding ortho intramolecular Hbond substituents is 1. The van der Waals surface area contributed by atoms with E-state index >= 15 is 0 Å². The maximum atomic E-state index is 13.3. The first-order valence-corrected chi connectivity index (χ1v) is 10.7. The average Bonchev–Trinajstić information content (AvgIpc) is 3.03. The summed E-state index contributed by atoms with van der Waals surface area (Å²) in [4.78, 5) is 39.9. The predicted octanol–water partition coefficient (Wildman–Crippen LogP) is 3.19. The summed E-state index contributed by atoms with van der Waals surface area (Å²) in [5, 5.41) is 13.2. The van der Waals surface area contributed by atoms with Crippen LogP contribution in [0.3, 0.4) is 0 Å². The van der Waals surface area contributed by atoms with Crippen molar-refractivity contribution in [3.05, 3.63) is 47.6 Å². The van der Waals surface area contributed by atoms with Gasteiger partial charge in [0.15, 0.2) is 0 Å². The molecule has 3 rings (SSSR count). The van der Waals surface area contributed by atoms with Gasteiger partial charge in [-0.3, -0.25) is 9.59 Å². The summed E-state index contributed by atoms with van der Waals surface area (Å²) < 4.78 is 4.76. The number of carbonyl (C=O) groups is 3. The van der Waals surface area contributed by atoms with Gasteiger partial charge in [0.1, 0.15) is 17.4 Å². The van der Waals surface area contributed by atoms with Gasteiger partial charge in [-0.15, -0.1) is 6.58 Å². The fourth-order valence-corrected chi connectivity index (χ4v) is 4.44. The molecule has 0 spiro atoms. The number of esters is 1. The first kappa shape index (κ1) is 22.6. The molecule has 1 heterocycles. The van der Waals surface area contributed by atoms with E-state index in [-0.39, 0.29) is 29.2 Å². The van der Waals surface area contributed by atoms with Crippen molar-refractivity contribution in [2.24, 2.45) is 0 Å². The van der Waals surface area contributed by atoms with Crippen molar-refractivity contribution in [3.8, 4) is 5.75 Å². The minimum Gasteiger partial charge on any atom is -0.507 e. The van der Waals surface area contributed by atoms with E-state index in [1.54, 1.807) is 19.2 Å². The number of phenols is 1. The van der Waals surface area contributed by atoms with Gasteiger partial charge in [-0.2, -0.15) is 0 Å². The zero-order chi connectivity index (χ0) is 22.5. The van der Waals surface area contributed by atoms with E-state index in [0.29, 0.717) is 29.6 Å². The number of carbonyl (C=O) groups excluding carboxylic acids is 3. The van der Waals surface area contributed by atoms with Crippen LogP contribution in [0.2, 0.25) is 0 Å². The maximum Gasteiger partial charge on any atom is 0.341 e. The lowest BCUT2D eigenvalue weighted by Crippen LogP contribution is -2.48. The number of benzene rings is 1. The fraction of sp³-hybridized carbons (Fsp3) is 0.458. The molecule has 7 nitrogen and oxygen atoms in total. The van der Waals surface area contributed by atoms with Gasteiger partial charge in [0, 0.05) is 18.7 Å². The molecular formula is C24H30N2O5. The quantitative estimate of drug-likeness (QED) is 0.516. The molecule has 0 radical (unpaired) electrons. The summed E-state index contributed by atoms with van der Waals surface area (Å²) >= 11 is 0. The van der Waals surface area contributed by atoms with Gasteiger partial charge in [-0.1, -0.05) is 31.4 Å². The highest BCUT2D eigenvalue weighted by Crippen LogP contribution is 2.37. The molecule has 2 N–H and O–H groups in total. The smallest absolute Gasteiger partial charge is 0.341 e. The molecule has 0 bridgehead atoms. The molecular weight excluding hydrogens is 396 g/mol. The van der Waals surface area contributed by atoms with Gasteiger partial charge in [-0.05, 0) is 49.0 Å². The van der Waals surface area contributed by atoms with Gasteiger partial charge in [-0.25, -0.2) is 4.79 Å². The monoisotopic (exact) mass is 426 g/mol. The summed E-state index contributed by atoms with van der Waals surface area (Å²) in [7, 11) is 2.85. The van der Waals surface area contributed by atoms with Gasteiger partial charge >= 0.3 is 5.97 Å². The number of nitrogens with zero attached hydrogens (tertiary/aromatic N) is 1. The maximum absolute atomic E-state index is 13.3. The summed E-state index contributed by atoms with van der Waals surface area (Å²) in [6, 6.07) is 3.80. The van der Waals surface area contributed by atoms with E-state index in [0.717, 1.165) is 25.7 Å². The largest absolute Gasteiger partial charge is 0.507 e. The van der Waals surface area contributed by atoms with Gasteiger partial charge in [0.25, 0.3) is 5.91 Å². The zero-order valence-electron chi connectivity index (χ0n) is 18.1. The Bertz CT molecular complexity index is 915. The molecule has 1 fully saturated rings. The lowest BCUT2D eigenvalue weighted by molar-refractivity contribution is -0.133. The van der Waals surface area contributed by atoms with Crippen molar-refractivity contribution < 1.29 is 24.2 Å². The van der Waals surface area contributed by atoms with E-state index < -0.39 is 12.0 Å². The topological polar surface area (TPSA) is 95.9 Å². The number of hydrogen-bond acceptors (Lipinski definition) is 5. The van der Waals surface area contributed by atoms with Crippen LogP contribution in [0.1, 0.15) is 60.9 Å². The molecule has 2 aliphatic rings. The SMILES string of the molecule is C=CCCC1=C(c2ccc(O)c(C(=O)OC)c2)C(C(=O)NC2CCCCC2)N(C)C1=O. The Hall–Kier alpha value is -3.09. The summed E-state index contributed by atoms with van der Waals surface area (Å²) in [6.45, 7) is 3.73. The van der Waals surface area contributed by atoms with Crippen molar-refractivity contribution in [2.45, 2.75) is 57.0 Å². The van der Waals surface area contributed by atoms with Crippen molar-refractivity contribution in [3.63, 3.8) is 0 Å². The van der Waals surface area contributed by atoms with Crippen LogP contribution in [0.4, 0.5) is 0 Å². The molecule has 0 aromatic heterocycles. The molecule has 2 amide bonds. The number of likely N-dealkylation sites (N-methyl/N-ethyl adjacent to an activating group) is 1. The standard InChI is InChI=1S/C24H30N2O5/c1-4-5-11-17-20(15-12-13-19(27)18(14-15)24(30)31-3)21(26(2)23(17)29)22(28)25-16-9-7-6-8-10-16/h4,12-14,16,21,27H,1,5-11H2,2-3H3,(H,25,28). The molecule has 1 aliphatic heterocycles. The summed E-state index contributed by atoms with van der Waals surface area (Å²) in [5.74, 6) is -1.34. The molecule has 31 heavy (non-hydrogen) atoms. The average molecular weight is 427 g/mol. The molecule has 1 unspecified atom stereocenters. The zero-order valence-corrected chi connectivity index (χ0v) is 18.1. The second-order valence-electron chi connectivity index (χ2n) is 8.11. The van der Waals surface area contributed by atoms with Crippen LogP contribution in [-0.2, 0) is 14.3 Å². The van der Waals surface area contributed by atoms with Gasteiger partial charge < -0.3 is 20.1 Å². The number of rotatable bonds is 7. The second-order valence-corrected chi connectivity index (χ2v) is 8.11. The number of ether oxygens (including phenoxy) is 1. The normalized spacial score (nSPS) is 19.5. The van der Waals surface area contributed by atoms with Crippen LogP contribution in [0.15, 0.2) is 36.4 Å². The number of aromatic hydroxyl groups is 1. The van der Waals surface area contributed by atoms with E-state index in [2.05, 4.69) is 11.9 Å². The van der Waals surface area contributed by atoms with Gasteiger partial charge in [0.2, 0.25) is 5.91 Å². The van der Waals surface area contributed by atoms with Crippen LogP contribution in [-0.4, -0.2) is 54.0 Å². The Morgan fingerprint density at radius 2 is 2.00 bits per heavy atom. The Balaban J connectivity index is 2.04. The first-order chi connectivity index (χ1) is 14.9. The van der Waals surface area contributed by atoms with Gasteiger partial charge in [0.05, 0.1) is 7.11 Å². The van der Waals surface area contributed by atoms with Crippen molar-refractivity contribution >= 4 is 23.4 Å². The molecule has 1 aliphatic carbocycles. The number of amides is 2. The molecule has 1 aromatic rings. The highest BCUT2D eigenvalue weighted by molar-refractivity contribution is 6.14. The number of hydrogen-bond donors (Lipinski definition) is 2. The predicted molar refractivity (Wildman–Crippen MR) is 117 cm³/mol. The first-order valence-electron chi connectivity index (χ1n) is 10.7. The Labute approximate surface area is 182 Å². The van der Waals surface area contributed by atoms with Crippen LogP contribution in [0.5, 0.6) is 5.75 Å². The van der Waals surface area contributed by atoms with Crippen LogP contribution in [0, 0.1) is 0 Å². The van der Waals surface area contributed by atoms with E-state index in [1.807, 2.05) is 0 Å². The minimum absolute atomic E-state index is 0.0102. The van der Waals surface area contributed by atoms with E-state index in [4.69, 9.17) is 4.74 Å². The summed E-state index contributed by atoms with van der Waals surface area (Å²) in [5.41, 5.74) is 1.61. The number of nitrogens with one attached hydrogen (secondary N) is 1. The van der Waals surface area contributed by atoms with Crippen LogP contribution < -0.4 is 5.32 Å². The molecule has 166 valence electrons. The van der Waals surface area contributed by atoms with Crippen molar-refractivity contribution in [1.82, 2.24) is 10.2 Å². The van der Waals surface area contributed by atoms with E-state index in [9.17, 15) is 19.5 Å². The van der Waals surface area contributed by atoms with Crippen LogP contribution >= 0.6 is 0 Å². The molecule has 7 heteroatoms. The highest BCUT2D eigenvalue weighted by Gasteiger charge is 2.42. The third-order valence-electron chi connectivity index (χ3n) is 6.08.